The number of hydrogen-bond donors (Lipinski definition) is 1. The van der Waals surface area contributed by atoms with Crippen LogP contribution in [0.5, 0.6) is 5.75 Å². The third-order valence-corrected chi connectivity index (χ3v) is 1.74. The highest BCUT2D eigenvalue weighted by molar-refractivity contribution is 5.92. The summed E-state index contributed by atoms with van der Waals surface area (Å²) in [5, 5.41) is 10.5. The van der Waals surface area contributed by atoms with Crippen molar-refractivity contribution < 1.29 is 18.3 Å². The molecule has 1 amide bonds. The van der Waals surface area contributed by atoms with Gasteiger partial charge in [0.25, 0.3) is 0 Å². The van der Waals surface area contributed by atoms with Crippen molar-refractivity contribution in [3.8, 4) is 11.8 Å². The summed E-state index contributed by atoms with van der Waals surface area (Å²) in [5.74, 6) is -3.17. The second-order valence-corrected chi connectivity index (χ2v) is 2.86. The summed E-state index contributed by atoms with van der Waals surface area (Å²) in [6.07, 6.45) is -0.360. The lowest BCUT2D eigenvalue weighted by molar-refractivity contribution is -0.115. The smallest absolute Gasteiger partial charge is 0.238 e. The Balaban J connectivity index is 2.95. The second kappa shape index (κ2) is 5.07. The van der Waals surface area contributed by atoms with Crippen molar-refractivity contribution in [2.45, 2.75) is 6.42 Å². The lowest BCUT2D eigenvalue weighted by atomic mass is 10.2. The molecule has 0 aliphatic carbocycles. The maximum Gasteiger partial charge on any atom is 0.238 e. The fourth-order valence-electron chi connectivity index (χ4n) is 1.06. The normalized spacial score (nSPS) is 9.38. The van der Waals surface area contributed by atoms with Crippen LogP contribution in [0.25, 0.3) is 0 Å². The van der Waals surface area contributed by atoms with Gasteiger partial charge in [-0.1, -0.05) is 0 Å². The number of carbonyl (C=O) groups excluding carboxylic acids is 1. The number of methoxy groups -OCH3 is 1. The first kappa shape index (κ1) is 11.9. The SMILES string of the molecule is COc1cc(NC(=O)CC#N)cc(F)c1F. The van der Waals surface area contributed by atoms with Crippen LogP contribution in [-0.2, 0) is 4.79 Å². The number of nitrogens with one attached hydrogen (secondary N) is 1. The van der Waals surface area contributed by atoms with E-state index in [9.17, 15) is 13.6 Å². The van der Waals surface area contributed by atoms with Crippen LogP contribution in [-0.4, -0.2) is 13.0 Å². The summed E-state index contributed by atoms with van der Waals surface area (Å²) >= 11 is 0. The zero-order chi connectivity index (χ0) is 12.1. The largest absolute Gasteiger partial charge is 0.493 e. The van der Waals surface area contributed by atoms with E-state index in [0.29, 0.717) is 0 Å². The average Bonchev–Trinajstić information content (AvgIpc) is 2.23. The number of nitriles is 1. The van der Waals surface area contributed by atoms with Gasteiger partial charge in [-0.3, -0.25) is 4.79 Å². The molecule has 0 unspecified atom stereocenters. The van der Waals surface area contributed by atoms with Crippen LogP contribution >= 0.6 is 0 Å². The number of benzene rings is 1. The number of hydrogen-bond acceptors (Lipinski definition) is 3. The van der Waals surface area contributed by atoms with E-state index in [0.717, 1.165) is 12.1 Å². The minimum Gasteiger partial charge on any atom is -0.493 e. The summed E-state index contributed by atoms with van der Waals surface area (Å²) in [6.45, 7) is 0. The summed E-state index contributed by atoms with van der Waals surface area (Å²) in [4.78, 5) is 11.0. The standard InChI is InChI=1S/C10H8F2N2O2/c1-16-8-5-6(4-7(11)10(8)12)14-9(15)2-3-13/h4-5H,2H2,1H3,(H,14,15). The molecule has 16 heavy (non-hydrogen) atoms. The average molecular weight is 226 g/mol. The number of anilines is 1. The number of amides is 1. The van der Waals surface area contributed by atoms with Gasteiger partial charge in [-0.15, -0.1) is 0 Å². The predicted molar refractivity (Wildman–Crippen MR) is 51.8 cm³/mol. The monoisotopic (exact) mass is 226 g/mol. The van der Waals surface area contributed by atoms with Crippen LogP contribution in [0.15, 0.2) is 12.1 Å². The molecular formula is C10H8F2N2O2. The molecular weight excluding hydrogens is 218 g/mol. The van der Waals surface area contributed by atoms with Crippen molar-refractivity contribution in [1.29, 1.82) is 5.26 Å². The first-order valence-electron chi connectivity index (χ1n) is 4.28. The Labute approximate surface area is 90.4 Å². The van der Waals surface area contributed by atoms with Crippen LogP contribution < -0.4 is 10.1 Å². The topological polar surface area (TPSA) is 62.1 Å². The van der Waals surface area contributed by atoms with Crippen LogP contribution in [0, 0.1) is 23.0 Å². The minimum atomic E-state index is -1.13. The van der Waals surface area contributed by atoms with Crippen LogP contribution in [0.2, 0.25) is 0 Å². The zero-order valence-corrected chi connectivity index (χ0v) is 8.38. The Bertz CT molecular complexity index is 455. The first-order chi connectivity index (χ1) is 7.58. The molecule has 0 saturated heterocycles. The maximum absolute atomic E-state index is 13.0. The first-order valence-corrected chi connectivity index (χ1v) is 4.28. The van der Waals surface area contributed by atoms with Gasteiger partial charge in [-0.05, 0) is 0 Å². The molecule has 0 spiro atoms. The minimum absolute atomic E-state index is 0.0380. The van der Waals surface area contributed by atoms with Crippen molar-refractivity contribution in [2.75, 3.05) is 12.4 Å². The van der Waals surface area contributed by atoms with E-state index in [4.69, 9.17) is 5.26 Å². The number of ether oxygens (including phenoxy) is 1. The molecule has 1 N–H and O–H groups in total. The zero-order valence-electron chi connectivity index (χ0n) is 8.38. The Morgan fingerprint density at radius 1 is 1.56 bits per heavy atom. The molecule has 4 nitrogen and oxygen atoms in total. The molecule has 0 aromatic heterocycles. The maximum atomic E-state index is 13.0. The third kappa shape index (κ3) is 2.67. The highest BCUT2D eigenvalue weighted by Crippen LogP contribution is 2.24. The molecule has 0 fully saturated rings. The van der Waals surface area contributed by atoms with Crippen molar-refractivity contribution in [1.82, 2.24) is 0 Å². The van der Waals surface area contributed by atoms with Gasteiger partial charge in [-0.25, -0.2) is 4.39 Å². The molecule has 0 radical (unpaired) electrons. The number of nitrogens with zero attached hydrogens (tertiary/aromatic N) is 1. The second-order valence-electron chi connectivity index (χ2n) is 2.86. The van der Waals surface area contributed by atoms with E-state index in [1.807, 2.05) is 0 Å². The fraction of sp³-hybridized carbons (Fsp3) is 0.200. The Hall–Kier alpha value is -2.16. The van der Waals surface area contributed by atoms with Gasteiger partial charge >= 0.3 is 0 Å². The van der Waals surface area contributed by atoms with Crippen molar-refractivity contribution in [3.63, 3.8) is 0 Å². The van der Waals surface area contributed by atoms with Gasteiger partial charge in [0.15, 0.2) is 11.6 Å². The summed E-state index contributed by atoms with van der Waals surface area (Å²) in [7, 11) is 1.18. The lowest BCUT2D eigenvalue weighted by Gasteiger charge is -2.07. The van der Waals surface area contributed by atoms with Gasteiger partial charge < -0.3 is 10.1 Å². The molecule has 1 rings (SSSR count). The molecule has 0 saturated carbocycles. The van der Waals surface area contributed by atoms with Gasteiger partial charge in [-0.2, -0.15) is 9.65 Å². The van der Waals surface area contributed by atoms with Crippen molar-refractivity contribution >= 4 is 11.6 Å². The molecule has 0 heterocycles. The van der Waals surface area contributed by atoms with E-state index in [-0.39, 0.29) is 17.9 Å². The predicted octanol–water partition coefficient (Wildman–Crippen LogP) is 1.83. The molecule has 6 heteroatoms. The van der Waals surface area contributed by atoms with Gasteiger partial charge in [0.1, 0.15) is 6.42 Å². The number of carbonyl (C=O) groups is 1. The lowest BCUT2D eigenvalue weighted by Crippen LogP contribution is -2.10. The highest BCUT2D eigenvalue weighted by atomic mass is 19.2. The molecule has 1 aromatic carbocycles. The Kier molecular flexibility index (Phi) is 3.78. The van der Waals surface area contributed by atoms with Crippen LogP contribution in [0.1, 0.15) is 6.42 Å². The van der Waals surface area contributed by atoms with Crippen LogP contribution in [0.3, 0.4) is 0 Å². The van der Waals surface area contributed by atoms with Crippen molar-refractivity contribution in [3.05, 3.63) is 23.8 Å². The van der Waals surface area contributed by atoms with E-state index in [1.165, 1.54) is 7.11 Å². The van der Waals surface area contributed by atoms with E-state index < -0.39 is 17.5 Å². The van der Waals surface area contributed by atoms with Gasteiger partial charge in [0.2, 0.25) is 11.7 Å². The van der Waals surface area contributed by atoms with Crippen LogP contribution in [0.4, 0.5) is 14.5 Å². The van der Waals surface area contributed by atoms with Gasteiger partial charge in [0.05, 0.1) is 13.2 Å². The van der Waals surface area contributed by atoms with E-state index >= 15 is 0 Å². The molecule has 0 aliphatic heterocycles. The van der Waals surface area contributed by atoms with E-state index in [2.05, 4.69) is 10.1 Å². The molecule has 84 valence electrons. The molecule has 0 bridgehead atoms. The van der Waals surface area contributed by atoms with Gasteiger partial charge in [0, 0.05) is 17.8 Å². The summed E-state index contributed by atoms with van der Waals surface area (Å²) in [6, 6.07) is 3.58. The van der Waals surface area contributed by atoms with Crippen molar-refractivity contribution in [2.24, 2.45) is 0 Å². The number of rotatable bonds is 3. The summed E-state index contributed by atoms with van der Waals surface area (Å²) < 4.78 is 30.6. The third-order valence-electron chi connectivity index (χ3n) is 1.74. The summed E-state index contributed by atoms with van der Waals surface area (Å²) in [5.41, 5.74) is 0.0380. The highest BCUT2D eigenvalue weighted by Gasteiger charge is 2.12. The quantitative estimate of drug-likeness (QED) is 0.855. The molecule has 0 atom stereocenters. The number of halogens is 2. The Morgan fingerprint density at radius 2 is 2.25 bits per heavy atom. The molecule has 0 aliphatic rings. The van der Waals surface area contributed by atoms with E-state index in [1.54, 1.807) is 6.07 Å². The molecule has 1 aromatic rings. The Morgan fingerprint density at radius 3 is 2.81 bits per heavy atom. The fourth-order valence-corrected chi connectivity index (χ4v) is 1.06.